The third-order valence-corrected chi connectivity index (χ3v) is 7.27. The molecule has 2 aliphatic rings. The van der Waals surface area contributed by atoms with Crippen LogP contribution in [-0.2, 0) is 16.0 Å². The molecule has 0 unspecified atom stereocenters. The van der Waals surface area contributed by atoms with Crippen LogP contribution in [-0.4, -0.2) is 72.6 Å². The van der Waals surface area contributed by atoms with Crippen LogP contribution in [0, 0.1) is 11.3 Å². The molecule has 3 heterocycles. The molecule has 0 aliphatic carbocycles. The van der Waals surface area contributed by atoms with Gasteiger partial charge in [0.1, 0.15) is 12.1 Å². The van der Waals surface area contributed by atoms with Gasteiger partial charge in [-0.1, -0.05) is 36.4 Å². The summed E-state index contributed by atoms with van der Waals surface area (Å²) < 4.78 is 7.81. The van der Waals surface area contributed by atoms with E-state index in [9.17, 15) is 10.1 Å². The van der Waals surface area contributed by atoms with Gasteiger partial charge in [-0.3, -0.25) is 9.48 Å². The van der Waals surface area contributed by atoms with Crippen LogP contribution in [0.25, 0.3) is 22.0 Å². The van der Waals surface area contributed by atoms with Gasteiger partial charge >= 0.3 is 0 Å². The van der Waals surface area contributed by atoms with Crippen molar-refractivity contribution in [3.63, 3.8) is 0 Å². The number of fused-ring (bicyclic) bond motifs is 1. The molecule has 0 spiro atoms. The first kappa shape index (κ1) is 24.4. The quantitative estimate of drug-likeness (QED) is 0.556. The van der Waals surface area contributed by atoms with Crippen LogP contribution in [0.2, 0.25) is 0 Å². The fourth-order valence-corrected chi connectivity index (χ4v) is 5.09. The number of hydrogen-bond acceptors (Lipinski definition) is 6. The highest BCUT2D eigenvalue weighted by atomic mass is 16.5. The molecule has 2 N–H and O–H groups in total. The van der Waals surface area contributed by atoms with Gasteiger partial charge in [0.15, 0.2) is 0 Å². The molecule has 0 saturated carbocycles. The van der Waals surface area contributed by atoms with E-state index in [1.165, 1.54) is 5.52 Å². The van der Waals surface area contributed by atoms with E-state index in [0.29, 0.717) is 25.6 Å². The number of carbonyl (C=O) groups is 1. The average Bonchev–Trinajstić information content (AvgIpc) is 3.13. The number of carbonyl (C=O) groups excluding carboxylic acids is 1. The summed E-state index contributed by atoms with van der Waals surface area (Å²) in [6.07, 6.45) is 4.98. The minimum Gasteiger partial charge on any atom is -0.367 e. The number of rotatable bonds is 6. The van der Waals surface area contributed by atoms with Crippen LogP contribution in [0.5, 0.6) is 0 Å². The summed E-state index contributed by atoms with van der Waals surface area (Å²) in [5.41, 5.74) is 4.44. The van der Waals surface area contributed by atoms with Gasteiger partial charge in [0, 0.05) is 25.0 Å². The zero-order chi connectivity index (χ0) is 24.9. The molecule has 36 heavy (non-hydrogen) atoms. The highest BCUT2D eigenvalue weighted by Gasteiger charge is 2.24. The lowest BCUT2D eigenvalue weighted by Crippen LogP contribution is -2.46. The number of nitrogens with zero attached hydrogens (tertiary/aromatic N) is 4. The molecular weight excluding hydrogens is 452 g/mol. The van der Waals surface area contributed by atoms with Crippen molar-refractivity contribution < 1.29 is 9.53 Å². The first-order valence-corrected chi connectivity index (χ1v) is 12.9. The monoisotopic (exact) mass is 486 g/mol. The first-order chi connectivity index (χ1) is 17.6. The van der Waals surface area contributed by atoms with E-state index < -0.39 is 12.1 Å². The van der Waals surface area contributed by atoms with Crippen molar-refractivity contribution in [3.05, 3.63) is 54.2 Å². The minimum absolute atomic E-state index is 0.234. The Morgan fingerprint density at radius 3 is 2.78 bits per heavy atom. The van der Waals surface area contributed by atoms with Crippen molar-refractivity contribution in [1.29, 1.82) is 5.26 Å². The van der Waals surface area contributed by atoms with E-state index >= 15 is 0 Å². The SMILES string of the molecule is CN1CCC(n2ncc3ccc(-c4ccc(C[C@@H](C#N)NC(=O)[C@@H]5CNCCCO5)cc4)cc32)CC1. The Labute approximate surface area is 212 Å². The van der Waals surface area contributed by atoms with Crippen molar-refractivity contribution in [2.45, 2.75) is 43.9 Å². The topological polar surface area (TPSA) is 95.2 Å². The third-order valence-electron chi connectivity index (χ3n) is 7.27. The fraction of sp³-hybridized carbons (Fsp3) is 0.464. The molecule has 2 atom stereocenters. The lowest BCUT2D eigenvalue weighted by atomic mass is 10.00. The molecule has 0 bridgehead atoms. The van der Waals surface area contributed by atoms with Crippen LogP contribution >= 0.6 is 0 Å². The summed E-state index contributed by atoms with van der Waals surface area (Å²) in [6, 6.07) is 16.8. The van der Waals surface area contributed by atoms with E-state index in [0.717, 1.165) is 61.0 Å². The fourth-order valence-electron chi connectivity index (χ4n) is 5.09. The lowest BCUT2D eigenvalue weighted by molar-refractivity contribution is -0.132. The predicted octanol–water partition coefficient (Wildman–Crippen LogP) is 2.90. The predicted molar refractivity (Wildman–Crippen MR) is 139 cm³/mol. The second kappa shape index (κ2) is 11.2. The average molecular weight is 487 g/mol. The van der Waals surface area contributed by atoms with E-state index in [2.05, 4.69) is 63.7 Å². The summed E-state index contributed by atoms with van der Waals surface area (Å²) in [7, 11) is 2.18. The van der Waals surface area contributed by atoms with Gasteiger partial charge < -0.3 is 20.3 Å². The summed E-state index contributed by atoms with van der Waals surface area (Å²) in [5.74, 6) is -0.234. The van der Waals surface area contributed by atoms with Gasteiger partial charge in [0.05, 0.1) is 23.8 Å². The second-order valence-corrected chi connectivity index (χ2v) is 9.91. The smallest absolute Gasteiger partial charge is 0.251 e. The third kappa shape index (κ3) is 5.59. The molecule has 2 aromatic carbocycles. The zero-order valence-corrected chi connectivity index (χ0v) is 20.8. The summed E-state index contributed by atoms with van der Waals surface area (Å²) >= 11 is 0. The van der Waals surface area contributed by atoms with Crippen LogP contribution in [0.15, 0.2) is 48.7 Å². The number of aromatic nitrogens is 2. The second-order valence-electron chi connectivity index (χ2n) is 9.91. The van der Waals surface area contributed by atoms with Crippen molar-refractivity contribution >= 4 is 16.8 Å². The van der Waals surface area contributed by atoms with E-state index in [-0.39, 0.29) is 5.91 Å². The normalized spacial score (nSPS) is 20.5. The number of ether oxygens (including phenoxy) is 1. The van der Waals surface area contributed by atoms with Crippen molar-refractivity contribution in [2.24, 2.45) is 0 Å². The molecule has 8 heteroatoms. The van der Waals surface area contributed by atoms with Crippen LogP contribution in [0.3, 0.4) is 0 Å². The number of benzene rings is 2. The number of nitrogens with one attached hydrogen (secondary N) is 2. The van der Waals surface area contributed by atoms with E-state index in [1.807, 2.05) is 18.3 Å². The van der Waals surface area contributed by atoms with Gasteiger partial charge in [0.25, 0.3) is 5.91 Å². The maximum absolute atomic E-state index is 12.6. The summed E-state index contributed by atoms with van der Waals surface area (Å²) in [6.45, 7) is 4.06. The van der Waals surface area contributed by atoms with E-state index in [1.54, 1.807) is 0 Å². The van der Waals surface area contributed by atoms with Gasteiger partial charge in [-0.15, -0.1) is 0 Å². The van der Waals surface area contributed by atoms with E-state index in [4.69, 9.17) is 9.84 Å². The highest BCUT2D eigenvalue weighted by molar-refractivity contribution is 5.84. The van der Waals surface area contributed by atoms with Gasteiger partial charge in [0.2, 0.25) is 0 Å². The van der Waals surface area contributed by atoms with Gasteiger partial charge in [-0.05, 0) is 68.7 Å². The standard InChI is InChI=1S/C28H34N6O2/c1-33-12-9-25(10-13-33)34-26-16-22(7-8-23(26)18-31-34)21-5-3-20(4-6-21)15-24(17-29)32-28(35)27-19-30-11-2-14-36-27/h3-8,16,18,24-25,27,30H,2,9-15,19H2,1H3,(H,32,35)/t24-,27-/m0/s1. The molecule has 2 saturated heterocycles. The molecule has 8 nitrogen and oxygen atoms in total. The molecule has 2 aliphatic heterocycles. The van der Waals surface area contributed by atoms with Gasteiger partial charge in [-0.25, -0.2) is 0 Å². The Hall–Kier alpha value is -3.25. The highest BCUT2D eigenvalue weighted by Crippen LogP contribution is 2.29. The number of piperidine rings is 1. The number of hydrogen-bond donors (Lipinski definition) is 2. The summed E-state index contributed by atoms with van der Waals surface area (Å²) in [4.78, 5) is 14.9. The zero-order valence-electron chi connectivity index (χ0n) is 20.8. The van der Waals surface area contributed by atoms with Crippen molar-refractivity contribution in [3.8, 4) is 17.2 Å². The van der Waals surface area contributed by atoms with Crippen LogP contribution in [0.4, 0.5) is 0 Å². The Morgan fingerprint density at radius 1 is 1.22 bits per heavy atom. The Balaban J connectivity index is 1.26. The largest absolute Gasteiger partial charge is 0.367 e. The minimum atomic E-state index is -0.601. The molecule has 2 fully saturated rings. The van der Waals surface area contributed by atoms with Crippen molar-refractivity contribution in [1.82, 2.24) is 25.3 Å². The van der Waals surface area contributed by atoms with Crippen LogP contribution in [0.1, 0.15) is 30.9 Å². The maximum atomic E-state index is 12.6. The molecular formula is C28H34N6O2. The van der Waals surface area contributed by atoms with Crippen LogP contribution < -0.4 is 10.6 Å². The maximum Gasteiger partial charge on any atom is 0.251 e. The molecule has 188 valence electrons. The lowest BCUT2D eigenvalue weighted by Gasteiger charge is -2.29. The number of nitriles is 1. The first-order valence-electron chi connectivity index (χ1n) is 12.9. The molecule has 1 aromatic heterocycles. The molecule has 5 rings (SSSR count). The van der Waals surface area contributed by atoms with Crippen molar-refractivity contribution in [2.75, 3.05) is 39.8 Å². The molecule has 0 radical (unpaired) electrons. The number of amides is 1. The summed E-state index contributed by atoms with van der Waals surface area (Å²) in [5, 5.41) is 21.5. The Bertz CT molecular complexity index is 1220. The van der Waals surface area contributed by atoms with Gasteiger partial charge in [-0.2, -0.15) is 10.4 Å². The molecule has 3 aromatic rings. The molecule has 1 amide bonds. The Morgan fingerprint density at radius 2 is 2.00 bits per heavy atom. The number of likely N-dealkylation sites (tertiary alicyclic amines) is 1. The Kier molecular flexibility index (Phi) is 7.61.